The molecule has 0 radical (unpaired) electrons. The first-order valence-electron chi connectivity index (χ1n) is 14.6. The third kappa shape index (κ3) is 6.45. The minimum absolute atomic E-state index is 0.0219. The first-order chi connectivity index (χ1) is 21.5. The van der Waals surface area contributed by atoms with Crippen LogP contribution in [0, 0.1) is 0 Å². The van der Waals surface area contributed by atoms with E-state index in [1.807, 2.05) is 96.7 Å². The highest BCUT2D eigenvalue weighted by atomic mass is 16.5. The summed E-state index contributed by atoms with van der Waals surface area (Å²) in [7, 11) is 3.53. The normalized spacial score (nSPS) is 16.5. The van der Waals surface area contributed by atoms with Gasteiger partial charge in [0.05, 0.1) is 29.8 Å². The summed E-state index contributed by atoms with van der Waals surface area (Å²) in [5.41, 5.74) is 5.44. The first kappa shape index (κ1) is 29.0. The fraction of sp³-hybridized carbons (Fsp3) is 0.265. The van der Waals surface area contributed by atoms with Crippen LogP contribution >= 0.6 is 0 Å². The lowest BCUT2D eigenvalue weighted by molar-refractivity contribution is 0.0248. The lowest BCUT2D eigenvalue weighted by Crippen LogP contribution is -2.52. The van der Waals surface area contributed by atoms with E-state index in [1.54, 1.807) is 7.11 Å². The molecule has 1 aliphatic rings. The SMILES string of the molecule is CO[C@@H]1CN(C(=O)O)CC[C@H]1Nc1ccc2c(-c3ccc(OCc4ccccc4)nc3OCc3ccccc3)nn(C)c2c1. The molecule has 0 spiro atoms. The maximum Gasteiger partial charge on any atom is 0.407 e. The van der Waals surface area contributed by atoms with Gasteiger partial charge in [-0.1, -0.05) is 60.7 Å². The van der Waals surface area contributed by atoms with Gasteiger partial charge in [0.25, 0.3) is 0 Å². The van der Waals surface area contributed by atoms with Crippen LogP contribution in [0.5, 0.6) is 11.8 Å². The Kier molecular flexibility index (Phi) is 8.60. The minimum Gasteiger partial charge on any atom is -0.473 e. The zero-order chi connectivity index (χ0) is 30.5. The summed E-state index contributed by atoms with van der Waals surface area (Å²) in [6.45, 7) is 1.52. The van der Waals surface area contributed by atoms with E-state index in [0.29, 0.717) is 44.5 Å². The Balaban J connectivity index is 1.27. The van der Waals surface area contributed by atoms with Crippen LogP contribution in [0.2, 0.25) is 0 Å². The molecule has 1 fully saturated rings. The van der Waals surface area contributed by atoms with Gasteiger partial charge in [0.2, 0.25) is 11.8 Å². The van der Waals surface area contributed by atoms with E-state index in [0.717, 1.165) is 39.0 Å². The minimum atomic E-state index is -0.924. The molecule has 1 amide bonds. The van der Waals surface area contributed by atoms with Gasteiger partial charge in [0, 0.05) is 37.8 Å². The molecule has 10 heteroatoms. The Morgan fingerprint density at radius 1 is 0.955 bits per heavy atom. The Morgan fingerprint density at radius 2 is 1.66 bits per heavy atom. The van der Waals surface area contributed by atoms with Crippen LogP contribution < -0.4 is 14.8 Å². The molecule has 0 unspecified atom stereocenters. The molecule has 3 heterocycles. The van der Waals surface area contributed by atoms with Crippen LogP contribution in [-0.2, 0) is 25.0 Å². The highest BCUT2D eigenvalue weighted by Crippen LogP contribution is 2.36. The number of methoxy groups -OCH3 is 1. The number of ether oxygens (including phenoxy) is 3. The lowest BCUT2D eigenvalue weighted by Gasteiger charge is -2.37. The number of rotatable bonds is 10. The van der Waals surface area contributed by atoms with Gasteiger partial charge in [-0.05, 0) is 41.8 Å². The first-order valence-corrected chi connectivity index (χ1v) is 14.6. The lowest BCUT2D eigenvalue weighted by atomic mass is 10.0. The molecule has 226 valence electrons. The second-order valence-electron chi connectivity index (χ2n) is 10.8. The summed E-state index contributed by atoms with van der Waals surface area (Å²) < 4.78 is 19.8. The van der Waals surface area contributed by atoms with Crippen molar-refractivity contribution in [3.05, 3.63) is 102 Å². The van der Waals surface area contributed by atoms with E-state index >= 15 is 0 Å². The van der Waals surface area contributed by atoms with Crippen molar-refractivity contribution in [2.75, 3.05) is 25.5 Å². The predicted molar refractivity (Wildman–Crippen MR) is 168 cm³/mol. The number of anilines is 1. The zero-order valence-corrected chi connectivity index (χ0v) is 24.7. The molecule has 6 rings (SSSR count). The highest BCUT2D eigenvalue weighted by molar-refractivity contribution is 5.96. The molecule has 2 N–H and O–H groups in total. The molecule has 0 saturated carbocycles. The van der Waals surface area contributed by atoms with Crippen molar-refractivity contribution >= 4 is 22.7 Å². The molecule has 3 aromatic carbocycles. The summed E-state index contributed by atoms with van der Waals surface area (Å²) in [5.74, 6) is 0.906. The Bertz CT molecular complexity index is 1730. The molecule has 1 aliphatic heterocycles. The summed E-state index contributed by atoms with van der Waals surface area (Å²) in [6, 6.07) is 29.8. The van der Waals surface area contributed by atoms with E-state index in [9.17, 15) is 9.90 Å². The van der Waals surface area contributed by atoms with Crippen molar-refractivity contribution in [3.8, 4) is 23.0 Å². The smallest absolute Gasteiger partial charge is 0.407 e. The standard InChI is InChI=1S/C34H35N5O5/c1-38-29-19-25(35-28-17-18-39(34(40)41)20-30(28)42-2)13-14-26(29)32(37-38)27-15-16-31(43-21-23-9-5-3-6-10-23)36-33(27)44-22-24-11-7-4-8-12-24/h3-16,19,28,30,35H,17-18,20-22H2,1-2H3,(H,40,41)/t28-,30-/m1/s1. The number of nitrogens with one attached hydrogen (secondary N) is 1. The van der Waals surface area contributed by atoms with Gasteiger partial charge in [-0.2, -0.15) is 10.1 Å². The number of benzene rings is 3. The summed E-state index contributed by atoms with van der Waals surface area (Å²) >= 11 is 0. The van der Waals surface area contributed by atoms with Gasteiger partial charge < -0.3 is 29.5 Å². The number of aryl methyl sites for hydroxylation is 1. The Hall–Kier alpha value is -5.09. The van der Waals surface area contributed by atoms with Crippen molar-refractivity contribution in [2.24, 2.45) is 7.05 Å². The van der Waals surface area contributed by atoms with E-state index < -0.39 is 6.09 Å². The van der Waals surface area contributed by atoms with Gasteiger partial charge in [0.15, 0.2) is 0 Å². The van der Waals surface area contributed by atoms with Gasteiger partial charge in [-0.15, -0.1) is 0 Å². The number of nitrogens with zero attached hydrogens (tertiary/aromatic N) is 4. The number of carboxylic acid groups (broad SMARTS) is 1. The number of carbonyl (C=O) groups is 1. The number of hydrogen-bond donors (Lipinski definition) is 2. The van der Waals surface area contributed by atoms with Gasteiger partial charge in [0.1, 0.15) is 18.9 Å². The molecule has 1 saturated heterocycles. The third-order valence-electron chi connectivity index (χ3n) is 7.87. The number of aromatic nitrogens is 3. The number of piperidine rings is 1. The number of amides is 1. The fourth-order valence-electron chi connectivity index (χ4n) is 5.51. The quantitative estimate of drug-likeness (QED) is 0.204. The maximum atomic E-state index is 11.5. The molecule has 0 aliphatic carbocycles. The number of hydrogen-bond acceptors (Lipinski definition) is 7. The molecule has 5 aromatic rings. The van der Waals surface area contributed by atoms with E-state index in [4.69, 9.17) is 24.3 Å². The number of fused-ring (bicyclic) bond motifs is 1. The van der Waals surface area contributed by atoms with E-state index in [-0.39, 0.29) is 12.1 Å². The van der Waals surface area contributed by atoms with Crippen molar-refractivity contribution in [2.45, 2.75) is 31.8 Å². The third-order valence-corrected chi connectivity index (χ3v) is 7.87. The molecule has 2 aromatic heterocycles. The summed E-state index contributed by atoms with van der Waals surface area (Å²) in [6.07, 6.45) is -0.534. The van der Waals surface area contributed by atoms with Crippen LogP contribution in [0.4, 0.5) is 10.5 Å². The van der Waals surface area contributed by atoms with Crippen LogP contribution in [0.1, 0.15) is 17.5 Å². The van der Waals surface area contributed by atoms with Gasteiger partial charge in [-0.3, -0.25) is 4.68 Å². The van der Waals surface area contributed by atoms with Crippen LogP contribution in [0.15, 0.2) is 91.0 Å². The molecular weight excluding hydrogens is 558 g/mol. The molecule has 44 heavy (non-hydrogen) atoms. The monoisotopic (exact) mass is 593 g/mol. The van der Waals surface area contributed by atoms with Crippen molar-refractivity contribution < 1.29 is 24.1 Å². The predicted octanol–water partition coefficient (Wildman–Crippen LogP) is 5.97. The number of likely N-dealkylation sites (tertiary alicyclic amines) is 1. The highest BCUT2D eigenvalue weighted by Gasteiger charge is 2.31. The maximum absolute atomic E-state index is 11.5. The largest absolute Gasteiger partial charge is 0.473 e. The van der Waals surface area contributed by atoms with E-state index in [2.05, 4.69) is 11.4 Å². The summed E-state index contributed by atoms with van der Waals surface area (Å²) in [4.78, 5) is 17.6. The molecular formula is C34H35N5O5. The molecule has 10 nitrogen and oxygen atoms in total. The van der Waals surface area contributed by atoms with E-state index in [1.165, 1.54) is 4.90 Å². The topological polar surface area (TPSA) is 111 Å². The Morgan fingerprint density at radius 3 is 2.34 bits per heavy atom. The van der Waals surface area contributed by atoms with Crippen LogP contribution in [0.25, 0.3) is 22.2 Å². The average Bonchev–Trinajstić information content (AvgIpc) is 3.39. The molecule has 0 bridgehead atoms. The van der Waals surface area contributed by atoms with Crippen molar-refractivity contribution in [1.82, 2.24) is 19.7 Å². The van der Waals surface area contributed by atoms with Crippen molar-refractivity contribution in [1.29, 1.82) is 0 Å². The fourth-order valence-corrected chi connectivity index (χ4v) is 5.51. The molecule has 2 atom stereocenters. The zero-order valence-electron chi connectivity index (χ0n) is 24.7. The second kappa shape index (κ2) is 13.0. The van der Waals surface area contributed by atoms with Crippen LogP contribution in [-0.4, -0.2) is 63.2 Å². The summed E-state index contributed by atoms with van der Waals surface area (Å²) in [5, 5.41) is 18.8. The Labute approximate surface area is 255 Å². The number of pyridine rings is 1. The van der Waals surface area contributed by atoms with Gasteiger partial charge in [-0.25, -0.2) is 4.79 Å². The average molecular weight is 594 g/mol. The van der Waals surface area contributed by atoms with Crippen molar-refractivity contribution in [3.63, 3.8) is 0 Å². The second-order valence-corrected chi connectivity index (χ2v) is 10.8. The van der Waals surface area contributed by atoms with Gasteiger partial charge >= 0.3 is 6.09 Å². The van der Waals surface area contributed by atoms with Crippen LogP contribution in [0.3, 0.4) is 0 Å².